The molecule has 6 nitrogen and oxygen atoms in total. The molecule has 23 heavy (non-hydrogen) atoms. The third-order valence-corrected chi connectivity index (χ3v) is 3.61. The van der Waals surface area contributed by atoms with Crippen molar-refractivity contribution in [1.29, 1.82) is 0 Å². The van der Waals surface area contributed by atoms with Gasteiger partial charge in [0.25, 0.3) is 0 Å². The molecule has 2 aromatic carbocycles. The molecule has 0 spiro atoms. The van der Waals surface area contributed by atoms with Crippen molar-refractivity contribution in [1.82, 2.24) is 15.0 Å². The Morgan fingerprint density at radius 3 is 2.35 bits per heavy atom. The van der Waals surface area contributed by atoms with Crippen molar-refractivity contribution in [2.75, 3.05) is 14.2 Å². The van der Waals surface area contributed by atoms with E-state index in [0.717, 1.165) is 11.3 Å². The summed E-state index contributed by atoms with van der Waals surface area (Å²) in [5, 5.41) is 18.2. The first-order valence-corrected chi connectivity index (χ1v) is 7.07. The molecule has 0 amide bonds. The van der Waals surface area contributed by atoms with Gasteiger partial charge in [-0.1, -0.05) is 35.0 Å². The number of ether oxygens (including phenoxy) is 2. The lowest BCUT2D eigenvalue weighted by atomic mass is 10.1. The summed E-state index contributed by atoms with van der Waals surface area (Å²) in [7, 11) is 3.04. The SMILES string of the molecule is COc1cc(OC)c(-n2nncc2-c2ccc(C)cc2)cc1O. The van der Waals surface area contributed by atoms with Crippen LogP contribution in [0.1, 0.15) is 5.56 Å². The van der Waals surface area contributed by atoms with Crippen molar-refractivity contribution in [2.45, 2.75) is 6.92 Å². The minimum Gasteiger partial charge on any atom is -0.504 e. The molecule has 0 bridgehead atoms. The highest BCUT2D eigenvalue weighted by molar-refractivity contribution is 5.65. The predicted molar refractivity (Wildman–Crippen MR) is 86.3 cm³/mol. The molecular weight excluding hydrogens is 294 g/mol. The number of nitrogens with zero attached hydrogens (tertiary/aromatic N) is 3. The Bertz CT molecular complexity index is 826. The van der Waals surface area contributed by atoms with Gasteiger partial charge in [-0.15, -0.1) is 5.10 Å². The Morgan fingerprint density at radius 2 is 1.70 bits per heavy atom. The minimum atomic E-state index is 0.00801. The van der Waals surface area contributed by atoms with Crippen LogP contribution in [-0.4, -0.2) is 34.3 Å². The molecule has 1 aromatic heterocycles. The third kappa shape index (κ3) is 2.70. The molecule has 0 unspecified atom stereocenters. The van der Waals surface area contributed by atoms with E-state index in [1.807, 2.05) is 31.2 Å². The lowest BCUT2D eigenvalue weighted by Crippen LogP contribution is -2.03. The monoisotopic (exact) mass is 311 g/mol. The van der Waals surface area contributed by atoms with E-state index in [1.54, 1.807) is 30.1 Å². The lowest BCUT2D eigenvalue weighted by Gasteiger charge is -2.13. The maximum atomic E-state index is 10.1. The summed E-state index contributed by atoms with van der Waals surface area (Å²) in [6, 6.07) is 11.2. The fraction of sp³-hybridized carbons (Fsp3) is 0.176. The summed E-state index contributed by atoms with van der Waals surface area (Å²) >= 11 is 0. The molecule has 0 atom stereocenters. The van der Waals surface area contributed by atoms with Crippen LogP contribution in [0, 0.1) is 6.92 Å². The molecule has 3 rings (SSSR count). The number of phenols is 1. The van der Waals surface area contributed by atoms with Crippen molar-refractivity contribution < 1.29 is 14.6 Å². The van der Waals surface area contributed by atoms with E-state index >= 15 is 0 Å². The van der Waals surface area contributed by atoms with Crippen LogP contribution in [0.15, 0.2) is 42.6 Å². The molecule has 1 N–H and O–H groups in total. The summed E-state index contributed by atoms with van der Waals surface area (Å²) in [5.41, 5.74) is 3.53. The van der Waals surface area contributed by atoms with Crippen LogP contribution in [0.25, 0.3) is 16.9 Å². The summed E-state index contributed by atoms with van der Waals surface area (Å²) in [4.78, 5) is 0. The Balaban J connectivity index is 2.15. The maximum absolute atomic E-state index is 10.1. The zero-order chi connectivity index (χ0) is 16.4. The number of methoxy groups -OCH3 is 2. The second kappa shape index (κ2) is 6.00. The van der Waals surface area contributed by atoms with Crippen molar-refractivity contribution in [2.24, 2.45) is 0 Å². The highest BCUT2D eigenvalue weighted by Crippen LogP contribution is 2.37. The number of phenolic OH excluding ortho intramolecular Hbond substituents is 1. The van der Waals surface area contributed by atoms with Gasteiger partial charge in [0.05, 0.1) is 26.1 Å². The fourth-order valence-electron chi connectivity index (χ4n) is 2.37. The van der Waals surface area contributed by atoms with Gasteiger partial charge in [0.15, 0.2) is 11.5 Å². The normalized spacial score (nSPS) is 10.6. The number of hydrogen-bond acceptors (Lipinski definition) is 5. The summed E-state index contributed by atoms with van der Waals surface area (Å²) in [6.07, 6.45) is 1.67. The Kier molecular flexibility index (Phi) is 3.89. The van der Waals surface area contributed by atoms with Gasteiger partial charge in [-0.25, -0.2) is 4.68 Å². The van der Waals surface area contributed by atoms with E-state index in [0.29, 0.717) is 17.2 Å². The molecule has 0 aliphatic rings. The van der Waals surface area contributed by atoms with E-state index in [2.05, 4.69) is 10.3 Å². The van der Waals surface area contributed by atoms with Crippen molar-refractivity contribution >= 4 is 0 Å². The van der Waals surface area contributed by atoms with Gasteiger partial charge < -0.3 is 14.6 Å². The van der Waals surface area contributed by atoms with E-state index in [1.165, 1.54) is 12.7 Å². The molecule has 0 radical (unpaired) electrons. The first kappa shape index (κ1) is 14.9. The number of aryl methyl sites for hydroxylation is 1. The van der Waals surface area contributed by atoms with Crippen LogP contribution >= 0.6 is 0 Å². The van der Waals surface area contributed by atoms with Crippen molar-refractivity contribution in [3.8, 4) is 34.2 Å². The second-order valence-corrected chi connectivity index (χ2v) is 5.09. The quantitative estimate of drug-likeness (QED) is 0.802. The lowest BCUT2D eigenvalue weighted by molar-refractivity contribution is 0.363. The smallest absolute Gasteiger partial charge is 0.164 e. The molecule has 0 aliphatic carbocycles. The summed E-state index contributed by atoms with van der Waals surface area (Å²) < 4.78 is 12.1. The van der Waals surface area contributed by atoms with Gasteiger partial charge >= 0.3 is 0 Å². The van der Waals surface area contributed by atoms with Gasteiger partial charge in [-0.2, -0.15) is 0 Å². The van der Waals surface area contributed by atoms with E-state index in [9.17, 15) is 5.11 Å². The Morgan fingerprint density at radius 1 is 1.00 bits per heavy atom. The zero-order valence-corrected chi connectivity index (χ0v) is 13.1. The molecule has 1 heterocycles. The number of hydrogen-bond donors (Lipinski definition) is 1. The van der Waals surface area contributed by atoms with Gasteiger partial charge in [-0.05, 0) is 6.92 Å². The van der Waals surface area contributed by atoms with Crippen LogP contribution in [0.2, 0.25) is 0 Å². The minimum absolute atomic E-state index is 0.00801. The van der Waals surface area contributed by atoms with E-state index < -0.39 is 0 Å². The Hall–Kier alpha value is -3.02. The van der Waals surface area contributed by atoms with Crippen molar-refractivity contribution in [3.05, 3.63) is 48.2 Å². The molecule has 0 saturated carbocycles. The predicted octanol–water partition coefficient (Wildman–Crippen LogP) is 2.97. The first-order valence-electron chi connectivity index (χ1n) is 7.07. The number of aromatic nitrogens is 3. The van der Waals surface area contributed by atoms with Gasteiger partial charge in [-0.3, -0.25) is 0 Å². The highest BCUT2D eigenvalue weighted by atomic mass is 16.5. The maximum Gasteiger partial charge on any atom is 0.164 e. The second-order valence-electron chi connectivity index (χ2n) is 5.09. The largest absolute Gasteiger partial charge is 0.504 e. The zero-order valence-electron chi connectivity index (χ0n) is 13.1. The van der Waals surface area contributed by atoms with Crippen LogP contribution in [0.3, 0.4) is 0 Å². The molecule has 3 aromatic rings. The van der Waals surface area contributed by atoms with Crippen LogP contribution < -0.4 is 9.47 Å². The topological polar surface area (TPSA) is 69.4 Å². The average Bonchev–Trinajstić information content (AvgIpc) is 3.04. The number of rotatable bonds is 4. The molecule has 0 saturated heterocycles. The van der Waals surface area contributed by atoms with Gasteiger partial charge in [0.1, 0.15) is 11.4 Å². The standard InChI is InChI=1S/C17H17N3O3/c1-11-4-6-12(7-5-11)14-10-18-19-20(14)13-8-15(21)17(23-3)9-16(13)22-2/h4-10,21H,1-3H3. The number of aromatic hydroxyl groups is 1. The third-order valence-electron chi connectivity index (χ3n) is 3.61. The molecule has 0 fully saturated rings. The molecular formula is C17H17N3O3. The first-order chi connectivity index (χ1) is 11.1. The van der Waals surface area contributed by atoms with Crippen LogP contribution in [0.5, 0.6) is 17.2 Å². The molecule has 0 aliphatic heterocycles. The fourth-order valence-corrected chi connectivity index (χ4v) is 2.37. The van der Waals surface area contributed by atoms with Crippen LogP contribution in [-0.2, 0) is 0 Å². The van der Waals surface area contributed by atoms with Crippen molar-refractivity contribution in [3.63, 3.8) is 0 Å². The average molecular weight is 311 g/mol. The summed E-state index contributed by atoms with van der Waals surface area (Å²) in [6.45, 7) is 2.03. The van der Waals surface area contributed by atoms with E-state index in [4.69, 9.17) is 9.47 Å². The highest BCUT2D eigenvalue weighted by Gasteiger charge is 2.16. The Labute approximate surface area is 133 Å². The molecule has 6 heteroatoms. The summed E-state index contributed by atoms with van der Waals surface area (Å²) in [5.74, 6) is 0.870. The van der Waals surface area contributed by atoms with Gasteiger partial charge in [0.2, 0.25) is 0 Å². The molecule has 118 valence electrons. The van der Waals surface area contributed by atoms with E-state index in [-0.39, 0.29) is 5.75 Å². The van der Waals surface area contributed by atoms with Gasteiger partial charge in [0, 0.05) is 17.7 Å². The van der Waals surface area contributed by atoms with Crippen LogP contribution in [0.4, 0.5) is 0 Å². The number of benzene rings is 2.